The maximum Gasteiger partial charge on any atom is 0.221 e. The Morgan fingerprint density at radius 2 is 2.47 bits per heavy atom. The summed E-state index contributed by atoms with van der Waals surface area (Å²) in [6.45, 7) is 0.426. The molecule has 0 saturated heterocycles. The molecule has 92 valence electrons. The molecule has 0 aliphatic carbocycles. The summed E-state index contributed by atoms with van der Waals surface area (Å²) in [6, 6.07) is 1.93. The van der Waals surface area contributed by atoms with Gasteiger partial charge in [-0.05, 0) is 12.3 Å². The zero-order valence-corrected chi connectivity index (χ0v) is 11.3. The fourth-order valence-corrected chi connectivity index (χ4v) is 2.29. The van der Waals surface area contributed by atoms with Gasteiger partial charge >= 0.3 is 0 Å². The Hall–Kier alpha value is -0.960. The standard InChI is InChI=1S/C12H15NO2S2/c1-16-6-4-12(15)13-8-11-7-10(9-17-11)3-2-5-14/h7,9,14H,4-6,8H2,1H3,(H,13,15). The SMILES string of the molecule is CSCCC(=O)NCc1cc(C#CCO)cs1. The second kappa shape index (κ2) is 8.18. The summed E-state index contributed by atoms with van der Waals surface area (Å²) in [5.74, 6) is 6.35. The summed E-state index contributed by atoms with van der Waals surface area (Å²) in [7, 11) is 0. The third-order valence-corrected chi connectivity index (χ3v) is 3.51. The van der Waals surface area contributed by atoms with Crippen LogP contribution in [0.1, 0.15) is 16.9 Å². The first kappa shape index (κ1) is 14.1. The summed E-state index contributed by atoms with van der Waals surface area (Å²) in [6.07, 6.45) is 2.54. The fraction of sp³-hybridized carbons (Fsp3) is 0.417. The number of aliphatic hydroxyl groups excluding tert-OH is 1. The zero-order valence-electron chi connectivity index (χ0n) is 9.66. The van der Waals surface area contributed by atoms with E-state index in [1.165, 1.54) is 0 Å². The first-order valence-corrected chi connectivity index (χ1v) is 7.46. The van der Waals surface area contributed by atoms with Crippen LogP contribution in [0.3, 0.4) is 0 Å². The molecule has 3 nitrogen and oxygen atoms in total. The number of carbonyl (C=O) groups excluding carboxylic acids is 1. The Morgan fingerprint density at radius 1 is 1.65 bits per heavy atom. The van der Waals surface area contributed by atoms with Gasteiger partial charge in [0.25, 0.3) is 0 Å². The number of carbonyl (C=O) groups is 1. The third kappa shape index (κ3) is 5.78. The Kier molecular flexibility index (Phi) is 6.78. The predicted octanol–water partition coefficient (Wildman–Crippen LogP) is 1.46. The lowest BCUT2D eigenvalue weighted by atomic mass is 10.3. The monoisotopic (exact) mass is 269 g/mol. The summed E-state index contributed by atoms with van der Waals surface area (Å²) in [5.41, 5.74) is 0.886. The van der Waals surface area contributed by atoms with Gasteiger partial charge in [-0.2, -0.15) is 11.8 Å². The molecule has 0 atom stereocenters. The highest BCUT2D eigenvalue weighted by atomic mass is 32.2. The lowest BCUT2D eigenvalue weighted by molar-refractivity contribution is -0.120. The average Bonchev–Trinajstić information content (AvgIpc) is 2.79. The summed E-state index contributed by atoms with van der Waals surface area (Å²) >= 11 is 3.23. The van der Waals surface area contributed by atoms with Crippen LogP contribution in [0.2, 0.25) is 0 Å². The molecule has 0 radical (unpaired) electrons. The Labute approximate surface area is 110 Å². The first-order chi connectivity index (χ1) is 8.26. The van der Waals surface area contributed by atoms with E-state index in [1.807, 2.05) is 17.7 Å². The van der Waals surface area contributed by atoms with Crippen molar-refractivity contribution in [3.63, 3.8) is 0 Å². The minimum atomic E-state index is -0.128. The Morgan fingerprint density at radius 3 is 3.18 bits per heavy atom. The van der Waals surface area contributed by atoms with E-state index in [1.54, 1.807) is 23.1 Å². The highest BCUT2D eigenvalue weighted by Crippen LogP contribution is 2.13. The number of thiophene rings is 1. The number of thioether (sulfide) groups is 1. The zero-order chi connectivity index (χ0) is 12.5. The van der Waals surface area contributed by atoms with Crippen molar-refractivity contribution in [1.82, 2.24) is 5.32 Å². The Balaban J connectivity index is 2.36. The summed E-state index contributed by atoms with van der Waals surface area (Å²) in [4.78, 5) is 12.4. The van der Waals surface area contributed by atoms with Crippen molar-refractivity contribution in [2.45, 2.75) is 13.0 Å². The molecule has 5 heteroatoms. The van der Waals surface area contributed by atoms with Crippen molar-refractivity contribution >= 4 is 29.0 Å². The van der Waals surface area contributed by atoms with E-state index in [0.29, 0.717) is 13.0 Å². The topological polar surface area (TPSA) is 49.3 Å². The van der Waals surface area contributed by atoms with Gasteiger partial charge in [-0.3, -0.25) is 4.79 Å². The molecule has 1 aromatic rings. The molecule has 1 heterocycles. The first-order valence-electron chi connectivity index (χ1n) is 5.19. The van der Waals surface area contributed by atoms with Gasteiger partial charge in [0.2, 0.25) is 5.91 Å². The van der Waals surface area contributed by atoms with E-state index in [-0.39, 0.29) is 12.5 Å². The lowest BCUT2D eigenvalue weighted by Gasteiger charge is -2.01. The molecule has 2 N–H and O–H groups in total. The van der Waals surface area contributed by atoms with Gasteiger partial charge in [-0.15, -0.1) is 11.3 Å². The number of aliphatic hydroxyl groups is 1. The van der Waals surface area contributed by atoms with E-state index in [9.17, 15) is 4.79 Å². The van der Waals surface area contributed by atoms with E-state index in [0.717, 1.165) is 16.2 Å². The van der Waals surface area contributed by atoms with E-state index < -0.39 is 0 Å². The van der Waals surface area contributed by atoms with Crippen molar-refractivity contribution < 1.29 is 9.90 Å². The fourth-order valence-electron chi connectivity index (χ4n) is 1.15. The Bertz CT molecular complexity index is 418. The maximum absolute atomic E-state index is 11.4. The second-order valence-electron chi connectivity index (χ2n) is 3.28. The van der Waals surface area contributed by atoms with Crippen LogP contribution in [-0.2, 0) is 11.3 Å². The molecule has 0 aliphatic rings. The van der Waals surface area contributed by atoms with Crippen LogP contribution < -0.4 is 5.32 Å². The molecule has 0 spiro atoms. The van der Waals surface area contributed by atoms with Gasteiger partial charge in [-0.25, -0.2) is 0 Å². The molecule has 0 aromatic carbocycles. The van der Waals surface area contributed by atoms with E-state index >= 15 is 0 Å². The molecule has 0 unspecified atom stereocenters. The van der Waals surface area contributed by atoms with E-state index in [4.69, 9.17) is 5.11 Å². The van der Waals surface area contributed by atoms with Crippen LogP contribution in [0.5, 0.6) is 0 Å². The molecule has 17 heavy (non-hydrogen) atoms. The molecular weight excluding hydrogens is 254 g/mol. The average molecular weight is 269 g/mol. The van der Waals surface area contributed by atoms with Crippen LogP contribution in [0.25, 0.3) is 0 Å². The number of nitrogens with one attached hydrogen (secondary N) is 1. The summed E-state index contributed by atoms with van der Waals surface area (Å²) < 4.78 is 0. The largest absolute Gasteiger partial charge is 0.384 e. The van der Waals surface area contributed by atoms with Crippen LogP contribution in [0, 0.1) is 11.8 Å². The molecular formula is C12H15NO2S2. The van der Waals surface area contributed by atoms with Crippen molar-refractivity contribution in [1.29, 1.82) is 0 Å². The quantitative estimate of drug-likeness (QED) is 0.796. The van der Waals surface area contributed by atoms with Crippen LogP contribution in [0.15, 0.2) is 11.4 Å². The molecule has 0 bridgehead atoms. The third-order valence-electron chi connectivity index (χ3n) is 1.96. The summed E-state index contributed by atoms with van der Waals surface area (Å²) in [5, 5.41) is 13.4. The van der Waals surface area contributed by atoms with Gasteiger partial charge in [-0.1, -0.05) is 11.8 Å². The molecule has 1 rings (SSSR count). The van der Waals surface area contributed by atoms with Gasteiger partial charge in [0.15, 0.2) is 0 Å². The molecule has 1 aromatic heterocycles. The van der Waals surface area contributed by atoms with Gasteiger partial charge < -0.3 is 10.4 Å². The van der Waals surface area contributed by atoms with Gasteiger partial charge in [0, 0.05) is 28.0 Å². The minimum absolute atomic E-state index is 0.0794. The minimum Gasteiger partial charge on any atom is -0.384 e. The van der Waals surface area contributed by atoms with Crippen molar-refractivity contribution in [3.05, 3.63) is 21.9 Å². The highest BCUT2D eigenvalue weighted by Gasteiger charge is 2.02. The normalized spacial score (nSPS) is 9.53. The molecule has 0 aliphatic heterocycles. The van der Waals surface area contributed by atoms with Crippen LogP contribution >= 0.6 is 23.1 Å². The van der Waals surface area contributed by atoms with Gasteiger partial charge in [0.05, 0.1) is 6.54 Å². The second-order valence-corrected chi connectivity index (χ2v) is 5.26. The smallest absolute Gasteiger partial charge is 0.221 e. The predicted molar refractivity (Wildman–Crippen MR) is 73.1 cm³/mol. The van der Waals surface area contributed by atoms with E-state index in [2.05, 4.69) is 17.2 Å². The van der Waals surface area contributed by atoms with Gasteiger partial charge in [0.1, 0.15) is 6.61 Å². The maximum atomic E-state index is 11.4. The number of hydrogen-bond acceptors (Lipinski definition) is 4. The van der Waals surface area contributed by atoms with Crippen LogP contribution in [0.4, 0.5) is 0 Å². The number of hydrogen-bond donors (Lipinski definition) is 2. The van der Waals surface area contributed by atoms with Crippen molar-refractivity contribution in [2.24, 2.45) is 0 Å². The number of rotatable bonds is 5. The van der Waals surface area contributed by atoms with Crippen molar-refractivity contribution in [3.8, 4) is 11.8 Å². The van der Waals surface area contributed by atoms with Crippen LogP contribution in [-0.4, -0.2) is 29.6 Å². The molecule has 1 amide bonds. The number of amides is 1. The van der Waals surface area contributed by atoms with Crippen molar-refractivity contribution in [2.75, 3.05) is 18.6 Å². The molecule has 0 saturated carbocycles. The lowest BCUT2D eigenvalue weighted by Crippen LogP contribution is -2.22. The highest BCUT2D eigenvalue weighted by molar-refractivity contribution is 7.98. The molecule has 0 fully saturated rings.